The highest BCUT2D eigenvalue weighted by molar-refractivity contribution is 7.91. The molecule has 6 aromatic rings. The number of ether oxygens (including phenoxy) is 2. The summed E-state index contributed by atoms with van der Waals surface area (Å²) in [4.78, 5) is -1.22. The molecule has 0 aliphatic carbocycles. The maximum atomic E-state index is 14.7. The van der Waals surface area contributed by atoms with Gasteiger partial charge in [0.05, 0.1) is 35.1 Å². The predicted molar refractivity (Wildman–Crippen MR) is 183 cm³/mol. The van der Waals surface area contributed by atoms with E-state index in [0.717, 1.165) is 72.8 Å². The summed E-state index contributed by atoms with van der Waals surface area (Å²) < 4.78 is 156. The van der Waals surface area contributed by atoms with Gasteiger partial charge >= 0.3 is 12.4 Å². The van der Waals surface area contributed by atoms with E-state index in [1.165, 1.54) is 62.8 Å². The van der Waals surface area contributed by atoms with Crippen LogP contribution in [0.5, 0.6) is 11.5 Å². The minimum Gasteiger partial charge on any atom is -0.496 e. The molecule has 53 heavy (non-hydrogen) atoms. The molecule has 4 nitrogen and oxygen atoms in total. The Bertz CT molecular complexity index is 2290. The molecule has 272 valence electrons. The quantitative estimate of drug-likeness (QED) is 0.145. The fourth-order valence-electron chi connectivity index (χ4n) is 6.14. The molecule has 0 N–H and O–H groups in total. The maximum absolute atomic E-state index is 14.7. The second kappa shape index (κ2) is 14.0. The highest BCUT2D eigenvalue weighted by atomic mass is 32.2. The highest BCUT2D eigenvalue weighted by Gasteiger charge is 2.38. The summed E-state index contributed by atoms with van der Waals surface area (Å²) in [5.41, 5.74) is -4.45. The van der Waals surface area contributed by atoms with Gasteiger partial charge in [0.2, 0.25) is 9.84 Å². The van der Waals surface area contributed by atoms with Gasteiger partial charge in [-0.25, -0.2) is 17.2 Å². The first-order chi connectivity index (χ1) is 25.0. The number of methoxy groups -OCH3 is 2. The third-order valence-corrected chi connectivity index (χ3v) is 10.4. The Kier molecular flexibility index (Phi) is 9.82. The average molecular weight is 755 g/mol. The molecule has 0 aromatic heterocycles. The molecular weight excluding hydrogens is 728 g/mol. The summed E-state index contributed by atoms with van der Waals surface area (Å²) in [6.07, 6.45) is -10.1. The van der Waals surface area contributed by atoms with E-state index in [-0.39, 0.29) is 44.9 Å². The first-order valence-electron chi connectivity index (χ1n) is 15.6. The summed E-state index contributed by atoms with van der Waals surface area (Å²) in [5.74, 6) is -1.28. The number of halogens is 8. The fourth-order valence-corrected chi connectivity index (χ4v) is 7.83. The van der Waals surface area contributed by atoms with Crippen LogP contribution in [0.25, 0.3) is 44.5 Å². The summed E-state index contributed by atoms with van der Waals surface area (Å²) in [6, 6.07) is 22.4. The minimum atomic E-state index is -5.03. The summed E-state index contributed by atoms with van der Waals surface area (Å²) in [5, 5.41) is 0. The van der Waals surface area contributed by atoms with Crippen LogP contribution in [-0.4, -0.2) is 22.6 Å². The molecule has 0 unspecified atom stereocenters. The van der Waals surface area contributed by atoms with Crippen molar-refractivity contribution in [1.82, 2.24) is 0 Å². The Morgan fingerprint density at radius 1 is 0.453 bits per heavy atom. The molecule has 6 rings (SSSR count). The van der Waals surface area contributed by atoms with Crippen molar-refractivity contribution in [3.63, 3.8) is 0 Å². The molecule has 0 bridgehead atoms. The Labute approximate surface area is 298 Å². The lowest BCUT2D eigenvalue weighted by Crippen LogP contribution is -2.12. The largest absolute Gasteiger partial charge is 0.496 e. The van der Waals surface area contributed by atoms with Crippen molar-refractivity contribution in [3.05, 3.63) is 144 Å². The van der Waals surface area contributed by atoms with Crippen LogP contribution >= 0.6 is 0 Å². The van der Waals surface area contributed by atoms with Gasteiger partial charge < -0.3 is 9.47 Å². The van der Waals surface area contributed by atoms with Crippen LogP contribution < -0.4 is 9.47 Å². The van der Waals surface area contributed by atoms with Crippen LogP contribution in [0.3, 0.4) is 0 Å². The van der Waals surface area contributed by atoms with Gasteiger partial charge in [0.25, 0.3) is 0 Å². The molecule has 0 fully saturated rings. The van der Waals surface area contributed by atoms with Crippen molar-refractivity contribution in [2.75, 3.05) is 14.2 Å². The van der Waals surface area contributed by atoms with E-state index in [9.17, 15) is 43.5 Å². The Hall–Kier alpha value is -5.69. The average Bonchev–Trinajstić information content (AvgIpc) is 3.13. The first-order valence-corrected chi connectivity index (χ1v) is 17.1. The second-order valence-electron chi connectivity index (χ2n) is 11.7. The van der Waals surface area contributed by atoms with Gasteiger partial charge in [-0.3, -0.25) is 0 Å². The molecule has 0 heterocycles. The number of alkyl halides is 6. The molecular formula is C40H26F8O4S. The topological polar surface area (TPSA) is 52.6 Å². The molecule has 0 spiro atoms. The number of hydrogen-bond donors (Lipinski definition) is 0. The van der Waals surface area contributed by atoms with E-state index < -0.39 is 65.9 Å². The van der Waals surface area contributed by atoms with E-state index in [1.54, 1.807) is 0 Å². The van der Waals surface area contributed by atoms with Gasteiger partial charge in [-0.15, -0.1) is 0 Å². The molecule has 13 heteroatoms. The molecule has 0 radical (unpaired) electrons. The van der Waals surface area contributed by atoms with Crippen molar-refractivity contribution in [2.24, 2.45) is 0 Å². The van der Waals surface area contributed by atoms with Crippen molar-refractivity contribution >= 4 is 9.84 Å². The van der Waals surface area contributed by atoms with Crippen LogP contribution in [0.15, 0.2) is 131 Å². The van der Waals surface area contributed by atoms with E-state index in [4.69, 9.17) is 9.47 Å². The molecule has 0 aliphatic rings. The predicted octanol–water partition coefficient (Wildman–Crippen LogP) is 11.5. The molecule has 0 amide bonds. The molecule has 0 saturated heterocycles. The van der Waals surface area contributed by atoms with Gasteiger partial charge in [-0.2, -0.15) is 26.3 Å². The molecule has 0 saturated carbocycles. The van der Waals surface area contributed by atoms with Gasteiger partial charge in [-0.05, 0) is 82.9 Å². The SMILES string of the molecule is COc1ccc(F)cc1-c1ccc(-c2ccccc2S(=O)(=O)c2ccccc2-c2ccc(-c3cc(F)ccc3OC)cc2C(F)(F)F)c(C(F)(F)F)c1. The van der Waals surface area contributed by atoms with Crippen molar-refractivity contribution in [1.29, 1.82) is 0 Å². The van der Waals surface area contributed by atoms with E-state index in [0.29, 0.717) is 0 Å². The van der Waals surface area contributed by atoms with Crippen LogP contribution in [0.1, 0.15) is 11.1 Å². The third kappa shape index (κ3) is 7.21. The Morgan fingerprint density at radius 2 is 0.830 bits per heavy atom. The third-order valence-electron chi connectivity index (χ3n) is 8.53. The minimum absolute atomic E-state index is 0.0155. The van der Waals surface area contributed by atoms with Crippen LogP contribution in [0.2, 0.25) is 0 Å². The lowest BCUT2D eigenvalue weighted by molar-refractivity contribution is -0.137. The normalized spacial score (nSPS) is 12.1. The van der Waals surface area contributed by atoms with Crippen molar-refractivity contribution in [3.8, 4) is 56.0 Å². The van der Waals surface area contributed by atoms with Crippen LogP contribution in [-0.2, 0) is 22.2 Å². The monoisotopic (exact) mass is 754 g/mol. The van der Waals surface area contributed by atoms with Crippen molar-refractivity contribution in [2.45, 2.75) is 22.1 Å². The number of sulfone groups is 1. The fraction of sp³-hybridized carbons (Fsp3) is 0.100. The zero-order valence-corrected chi connectivity index (χ0v) is 28.4. The van der Waals surface area contributed by atoms with Gasteiger partial charge in [-0.1, -0.05) is 60.7 Å². The number of benzene rings is 6. The Morgan fingerprint density at radius 3 is 1.19 bits per heavy atom. The van der Waals surface area contributed by atoms with E-state index in [1.807, 2.05) is 0 Å². The van der Waals surface area contributed by atoms with Crippen LogP contribution in [0.4, 0.5) is 35.1 Å². The summed E-state index contributed by atoms with van der Waals surface area (Å²) in [7, 11) is -2.32. The van der Waals surface area contributed by atoms with E-state index in [2.05, 4.69) is 0 Å². The van der Waals surface area contributed by atoms with Crippen molar-refractivity contribution < 1.29 is 53.0 Å². The lowest BCUT2D eigenvalue weighted by atomic mass is 9.94. The molecule has 6 aromatic carbocycles. The van der Waals surface area contributed by atoms with E-state index >= 15 is 0 Å². The lowest BCUT2D eigenvalue weighted by Gasteiger charge is -2.20. The maximum Gasteiger partial charge on any atom is 0.417 e. The zero-order chi connectivity index (χ0) is 38.3. The molecule has 0 atom stereocenters. The number of hydrogen-bond acceptors (Lipinski definition) is 4. The summed E-state index contributed by atoms with van der Waals surface area (Å²) in [6.45, 7) is 0. The second-order valence-corrected chi connectivity index (χ2v) is 13.6. The van der Waals surface area contributed by atoms with Crippen LogP contribution in [0, 0.1) is 11.6 Å². The summed E-state index contributed by atoms with van der Waals surface area (Å²) >= 11 is 0. The standard InChI is InChI=1S/C40H26F8O4S/c1-51-35-17-13-25(41)21-31(35)23-11-15-27(33(19-23)39(43,44)45)29-7-3-5-9-37(29)53(49,50)38-10-6-4-8-30(38)28-16-12-24(20-34(28)40(46,47)48)32-22-26(42)14-18-36(32)52-2/h3-22H,1-2H3. The first kappa shape index (κ1) is 37.1. The number of rotatable bonds is 8. The molecule has 0 aliphatic heterocycles. The Balaban J connectivity index is 1.53. The van der Waals surface area contributed by atoms with Gasteiger partial charge in [0.1, 0.15) is 23.1 Å². The smallest absolute Gasteiger partial charge is 0.417 e. The zero-order valence-electron chi connectivity index (χ0n) is 27.6. The van der Waals surface area contributed by atoms with Gasteiger partial charge in [0, 0.05) is 22.3 Å². The highest BCUT2D eigenvalue weighted by Crippen LogP contribution is 2.46. The van der Waals surface area contributed by atoms with Gasteiger partial charge in [0.15, 0.2) is 0 Å².